The fourth-order valence-corrected chi connectivity index (χ4v) is 4.73. The topological polar surface area (TPSA) is 152 Å². The maximum Gasteiger partial charge on any atom is 0.244 e. The SMILES string of the molecule is COC[C@H](C(=O)Nc1cccc2c(-c3nc(Nc4cnc(CO)c(O)c4)ncc3F)c[nH]c12)N1CCN(C)CC1. The number of hydrogen-bond acceptors (Lipinski definition) is 10. The first kappa shape index (κ1) is 27.4. The van der Waals surface area contributed by atoms with Crippen LogP contribution in [0.5, 0.6) is 5.75 Å². The number of fused-ring (bicyclic) bond motifs is 1. The Balaban J connectivity index is 1.40. The maximum absolute atomic E-state index is 15.0. The number of methoxy groups -OCH3 is 1. The van der Waals surface area contributed by atoms with Gasteiger partial charge in [-0.3, -0.25) is 14.7 Å². The summed E-state index contributed by atoms with van der Waals surface area (Å²) in [7, 11) is 3.64. The predicted molar refractivity (Wildman–Crippen MR) is 148 cm³/mol. The van der Waals surface area contributed by atoms with Crippen molar-refractivity contribution >= 4 is 34.1 Å². The largest absolute Gasteiger partial charge is 0.506 e. The van der Waals surface area contributed by atoms with E-state index in [0.29, 0.717) is 27.8 Å². The van der Waals surface area contributed by atoms with E-state index in [2.05, 4.69) is 47.4 Å². The van der Waals surface area contributed by atoms with E-state index < -0.39 is 18.5 Å². The third-order valence-corrected chi connectivity index (χ3v) is 6.93. The van der Waals surface area contributed by atoms with E-state index in [0.717, 1.165) is 32.4 Å². The number of rotatable bonds is 9. The Morgan fingerprint density at radius 3 is 2.75 bits per heavy atom. The molecule has 210 valence electrons. The molecule has 5 rings (SSSR count). The molecule has 0 aliphatic carbocycles. The molecule has 4 heterocycles. The molecule has 0 bridgehead atoms. The molecule has 1 aliphatic heterocycles. The number of aliphatic hydroxyl groups excluding tert-OH is 1. The van der Waals surface area contributed by atoms with Gasteiger partial charge in [0.1, 0.15) is 23.2 Å². The average Bonchev–Trinajstić information content (AvgIpc) is 3.38. The smallest absolute Gasteiger partial charge is 0.244 e. The number of anilines is 3. The molecule has 0 saturated carbocycles. The molecule has 1 saturated heterocycles. The molecule has 1 aliphatic rings. The number of piperazine rings is 1. The van der Waals surface area contributed by atoms with Gasteiger partial charge in [0.25, 0.3) is 0 Å². The van der Waals surface area contributed by atoms with Gasteiger partial charge in [0.15, 0.2) is 5.82 Å². The van der Waals surface area contributed by atoms with Crippen LogP contribution < -0.4 is 10.6 Å². The number of hydrogen-bond donors (Lipinski definition) is 5. The summed E-state index contributed by atoms with van der Waals surface area (Å²) < 4.78 is 20.3. The second kappa shape index (κ2) is 11.9. The van der Waals surface area contributed by atoms with Gasteiger partial charge in [-0.1, -0.05) is 12.1 Å². The van der Waals surface area contributed by atoms with Crippen molar-refractivity contribution in [2.45, 2.75) is 12.6 Å². The van der Waals surface area contributed by atoms with Crippen LogP contribution in [0.1, 0.15) is 5.69 Å². The molecule has 12 nitrogen and oxygen atoms in total. The average molecular weight is 551 g/mol. The highest BCUT2D eigenvalue weighted by molar-refractivity contribution is 6.06. The number of nitrogens with zero attached hydrogens (tertiary/aromatic N) is 5. The summed E-state index contributed by atoms with van der Waals surface area (Å²) in [6, 6.07) is 6.30. The monoisotopic (exact) mass is 550 g/mol. The number of para-hydroxylation sites is 1. The molecule has 1 amide bonds. The number of aromatic amines is 1. The van der Waals surface area contributed by atoms with Crippen molar-refractivity contribution in [2.24, 2.45) is 0 Å². The molecular formula is C27H31FN8O4. The lowest BCUT2D eigenvalue weighted by atomic mass is 10.1. The number of halogens is 1. The highest BCUT2D eigenvalue weighted by Crippen LogP contribution is 2.33. The van der Waals surface area contributed by atoms with Gasteiger partial charge in [-0.2, -0.15) is 0 Å². The minimum Gasteiger partial charge on any atom is -0.506 e. The normalized spacial score (nSPS) is 15.3. The summed E-state index contributed by atoms with van der Waals surface area (Å²) in [6.45, 7) is 3.12. The Labute approximate surface area is 229 Å². The second-order valence-corrected chi connectivity index (χ2v) is 9.59. The van der Waals surface area contributed by atoms with Crippen molar-refractivity contribution in [3.63, 3.8) is 0 Å². The Bertz CT molecular complexity index is 1510. The summed E-state index contributed by atoms with van der Waals surface area (Å²) in [4.78, 5) is 33.2. The molecule has 1 aromatic carbocycles. The lowest BCUT2D eigenvalue weighted by Gasteiger charge is -2.36. The van der Waals surface area contributed by atoms with E-state index in [-0.39, 0.29) is 35.6 Å². The molecule has 40 heavy (non-hydrogen) atoms. The highest BCUT2D eigenvalue weighted by atomic mass is 19.1. The molecule has 1 fully saturated rings. The van der Waals surface area contributed by atoms with Crippen LogP contribution in [0, 0.1) is 5.82 Å². The van der Waals surface area contributed by atoms with Crippen molar-refractivity contribution in [2.75, 3.05) is 57.6 Å². The zero-order valence-corrected chi connectivity index (χ0v) is 22.2. The fraction of sp³-hybridized carbons (Fsp3) is 0.333. The number of amides is 1. The van der Waals surface area contributed by atoms with E-state index in [1.54, 1.807) is 25.4 Å². The Kier molecular flexibility index (Phi) is 8.16. The number of aromatic nitrogens is 4. The van der Waals surface area contributed by atoms with Crippen LogP contribution in [-0.2, 0) is 16.1 Å². The standard InChI is InChI=1S/C27H31FN8O4/c1-35-6-8-36(9-7-35)22(15-40-2)26(39)33-20-5-3-4-17-18(12-30-25(17)20)24-19(28)13-31-27(34-24)32-16-10-23(38)21(14-37)29-11-16/h3-5,10-13,22,30,37-38H,6-9,14-15H2,1-2H3,(H,33,39)(H,31,32,34)/t22-/m1/s1. The molecule has 5 N–H and O–H groups in total. The van der Waals surface area contributed by atoms with E-state index in [9.17, 15) is 19.4 Å². The molecule has 4 aromatic rings. The quantitative estimate of drug-likeness (QED) is 0.210. The number of likely N-dealkylation sites (N-methyl/N-ethyl adjacent to an activating group) is 1. The van der Waals surface area contributed by atoms with Gasteiger partial charge >= 0.3 is 0 Å². The van der Waals surface area contributed by atoms with Gasteiger partial charge in [-0.15, -0.1) is 0 Å². The first-order valence-corrected chi connectivity index (χ1v) is 12.8. The molecule has 13 heteroatoms. The number of aliphatic hydroxyl groups is 1. The maximum atomic E-state index is 15.0. The Morgan fingerprint density at radius 1 is 1.23 bits per heavy atom. The van der Waals surface area contributed by atoms with Crippen LogP contribution >= 0.6 is 0 Å². The number of nitrogens with one attached hydrogen (secondary N) is 3. The van der Waals surface area contributed by atoms with Crippen molar-refractivity contribution in [1.29, 1.82) is 0 Å². The summed E-state index contributed by atoms with van der Waals surface area (Å²) in [5, 5.41) is 25.7. The number of carbonyl (C=O) groups is 1. The van der Waals surface area contributed by atoms with Crippen molar-refractivity contribution in [3.8, 4) is 17.0 Å². The van der Waals surface area contributed by atoms with Gasteiger partial charge in [0.2, 0.25) is 11.9 Å². The molecule has 1 atom stereocenters. The molecule has 0 radical (unpaired) electrons. The number of pyridine rings is 1. The first-order valence-electron chi connectivity index (χ1n) is 12.8. The van der Waals surface area contributed by atoms with Gasteiger partial charge in [0.05, 0.1) is 42.5 Å². The number of carbonyl (C=O) groups excluding carboxylic acids is 1. The predicted octanol–water partition coefficient (Wildman–Crippen LogP) is 2.30. The number of ether oxygens (including phenoxy) is 1. The number of benzene rings is 1. The van der Waals surface area contributed by atoms with E-state index in [1.807, 2.05) is 6.07 Å². The van der Waals surface area contributed by atoms with Gasteiger partial charge in [-0.25, -0.2) is 14.4 Å². The van der Waals surface area contributed by atoms with Gasteiger partial charge in [-0.05, 0) is 13.1 Å². The zero-order valence-electron chi connectivity index (χ0n) is 22.2. The molecule has 3 aromatic heterocycles. The van der Waals surface area contributed by atoms with Crippen molar-refractivity contribution in [1.82, 2.24) is 29.7 Å². The van der Waals surface area contributed by atoms with Crippen LogP contribution in [0.4, 0.5) is 21.7 Å². The van der Waals surface area contributed by atoms with E-state index in [4.69, 9.17) is 4.74 Å². The third-order valence-electron chi connectivity index (χ3n) is 6.93. The van der Waals surface area contributed by atoms with Crippen LogP contribution in [0.25, 0.3) is 22.2 Å². The minimum absolute atomic E-state index is 0.0473. The Hall–Kier alpha value is -4.17. The van der Waals surface area contributed by atoms with E-state index >= 15 is 0 Å². The van der Waals surface area contributed by atoms with Gasteiger partial charge in [0, 0.05) is 56.5 Å². The zero-order chi connectivity index (χ0) is 28.2. The van der Waals surface area contributed by atoms with Crippen LogP contribution in [-0.4, -0.2) is 98.8 Å². The third kappa shape index (κ3) is 5.72. The summed E-state index contributed by atoms with van der Waals surface area (Å²) in [6.07, 6.45) is 4.08. The first-order chi connectivity index (χ1) is 19.4. The van der Waals surface area contributed by atoms with Crippen LogP contribution in [0.3, 0.4) is 0 Å². The highest BCUT2D eigenvalue weighted by Gasteiger charge is 2.29. The Morgan fingerprint density at radius 2 is 2.02 bits per heavy atom. The van der Waals surface area contributed by atoms with Crippen molar-refractivity contribution in [3.05, 3.63) is 54.4 Å². The molecule has 0 spiro atoms. The second-order valence-electron chi connectivity index (χ2n) is 9.59. The summed E-state index contributed by atoms with van der Waals surface area (Å²) in [5.74, 6) is -0.921. The van der Waals surface area contributed by atoms with Gasteiger partial charge < -0.3 is 35.5 Å². The minimum atomic E-state index is -0.632. The van der Waals surface area contributed by atoms with Crippen molar-refractivity contribution < 1.29 is 24.1 Å². The lowest BCUT2D eigenvalue weighted by Crippen LogP contribution is -2.54. The molecule has 0 unspecified atom stereocenters. The van der Waals surface area contributed by atoms with Crippen LogP contribution in [0.2, 0.25) is 0 Å². The lowest BCUT2D eigenvalue weighted by molar-refractivity contribution is -0.124. The fourth-order valence-electron chi connectivity index (χ4n) is 4.73. The van der Waals surface area contributed by atoms with E-state index in [1.165, 1.54) is 12.3 Å². The summed E-state index contributed by atoms with van der Waals surface area (Å²) in [5.41, 5.74) is 2.21. The number of aromatic hydroxyl groups is 1. The number of H-pyrrole nitrogens is 1. The molecular weight excluding hydrogens is 519 g/mol. The van der Waals surface area contributed by atoms with Crippen LogP contribution in [0.15, 0.2) is 42.9 Å². The summed E-state index contributed by atoms with van der Waals surface area (Å²) >= 11 is 0.